The molecule has 0 saturated carbocycles. The highest BCUT2D eigenvalue weighted by Crippen LogP contribution is 2.37. The first-order valence-corrected chi connectivity index (χ1v) is 17.5. The van der Waals surface area contributed by atoms with Gasteiger partial charge in [-0.15, -0.1) is 0 Å². The highest BCUT2D eigenvalue weighted by Gasteiger charge is 2.36. The first-order chi connectivity index (χ1) is 19.1. The van der Waals surface area contributed by atoms with Crippen molar-refractivity contribution in [3.8, 4) is 0 Å². The van der Waals surface area contributed by atoms with Crippen LogP contribution in [0.1, 0.15) is 55.5 Å². The van der Waals surface area contributed by atoms with Crippen molar-refractivity contribution >= 4 is 31.3 Å². The maximum atomic E-state index is 11.5. The molecule has 0 amide bonds. The number of esters is 1. The molecule has 4 rings (SSSR count). The maximum Gasteiger partial charge on any atom is 0.330 e. The number of rotatable bonds is 13. The highest BCUT2D eigenvalue weighted by atomic mass is 28.4. The third-order valence-corrected chi connectivity index (χ3v) is 13.3. The molecule has 1 unspecified atom stereocenters. The standard InChI is InChI=1S/C33H47N3O3Si/c1-33(2,3)40(5,6)39-22-19-34-18-21-36(20-17-27-24-35-30-10-8-7-9-28(27)30)31-15-13-26-23-25(11-14-29(26)31)12-16-32(37)38-4/h7-12,14,16,23-24,31,34-35H,13,15,17-22H2,1-6H3/b16-12+. The number of benzene rings is 2. The summed E-state index contributed by atoms with van der Waals surface area (Å²) in [6.45, 7) is 16.0. The Kier molecular flexibility index (Phi) is 10.1. The van der Waals surface area contributed by atoms with Crippen LogP contribution < -0.4 is 5.32 Å². The Balaban J connectivity index is 1.41. The Morgan fingerprint density at radius 3 is 2.73 bits per heavy atom. The van der Waals surface area contributed by atoms with Gasteiger partial charge in [-0.1, -0.05) is 57.2 Å². The Hall–Kier alpha value is -2.71. The van der Waals surface area contributed by atoms with E-state index < -0.39 is 8.32 Å². The first-order valence-electron chi connectivity index (χ1n) is 14.6. The molecule has 7 heteroatoms. The second-order valence-corrected chi connectivity index (χ2v) is 17.2. The van der Waals surface area contributed by atoms with Crippen molar-refractivity contribution in [1.82, 2.24) is 15.2 Å². The largest absolute Gasteiger partial charge is 0.466 e. The number of nitrogens with one attached hydrogen (secondary N) is 2. The van der Waals surface area contributed by atoms with Crippen LogP contribution in [0, 0.1) is 0 Å². The van der Waals surface area contributed by atoms with E-state index in [1.807, 2.05) is 6.08 Å². The molecule has 0 fully saturated rings. The van der Waals surface area contributed by atoms with Gasteiger partial charge in [-0.05, 0) is 71.8 Å². The zero-order valence-electron chi connectivity index (χ0n) is 25.2. The molecule has 6 nitrogen and oxygen atoms in total. The number of aromatic amines is 1. The van der Waals surface area contributed by atoms with Gasteiger partial charge in [0.15, 0.2) is 8.32 Å². The molecule has 3 aromatic rings. The maximum absolute atomic E-state index is 11.5. The zero-order valence-corrected chi connectivity index (χ0v) is 26.2. The molecule has 1 atom stereocenters. The van der Waals surface area contributed by atoms with E-state index in [0.717, 1.165) is 57.6 Å². The fourth-order valence-corrected chi connectivity index (χ4v) is 6.34. The minimum absolute atomic E-state index is 0.233. The van der Waals surface area contributed by atoms with E-state index in [0.29, 0.717) is 6.04 Å². The third-order valence-electron chi connectivity index (χ3n) is 8.73. The van der Waals surface area contributed by atoms with Crippen LogP contribution in [0.2, 0.25) is 18.1 Å². The van der Waals surface area contributed by atoms with Gasteiger partial charge < -0.3 is 19.5 Å². The molecule has 2 aromatic carbocycles. The smallest absolute Gasteiger partial charge is 0.330 e. The number of methoxy groups -OCH3 is 1. The van der Waals surface area contributed by atoms with Gasteiger partial charge in [0.25, 0.3) is 0 Å². The number of aryl methyl sites for hydroxylation is 1. The van der Waals surface area contributed by atoms with Crippen molar-refractivity contribution in [3.05, 3.63) is 77.0 Å². The van der Waals surface area contributed by atoms with E-state index in [2.05, 4.69) is 97.7 Å². The lowest BCUT2D eigenvalue weighted by Crippen LogP contribution is -2.43. The number of hydrogen-bond donors (Lipinski definition) is 2. The molecule has 1 aliphatic carbocycles. The van der Waals surface area contributed by atoms with E-state index in [4.69, 9.17) is 9.16 Å². The number of fused-ring (bicyclic) bond motifs is 2. The summed E-state index contributed by atoms with van der Waals surface area (Å²) in [7, 11) is -0.313. The average Bonchev–Trinajstić information content (AvgIpc) is 3.54. The number of hydrogen-bond acceptors (Lipinski definition) is 5. The molecule has 216 valence electrons. The van der Waals surface area contributed by atoms with E-state index in [-0.39, 0.29) is 11.0 Å². The lowest BCUT2D eigenvalue weighted by molar-refractivity contribution is -0.134. The zero-order chi connectivity index (χ0) is 28.8. The lowest BCUT2D eigenvalue weighted by Gasteiger charge is -2.36. The summed E-state index contributed by atoms with van der Waals surface area (Å²) in [5, 5.41) is 5.20. The van der Waals surface area contributed by atoms with E-state index >= 15 is 0 Å². The normalized spacial score (nSPS) is 15.8. The Morgan fingerprint density at radius 2 is 1.95 bits per heavy atom. The second kappa shape index (κ2) is 13.3. The minimum atomic E-state index is -1.72. The first kappa shape index (κ1) is 30.3. The summed E-state index contributed by atoms with van der Waals surface area (Å²) < 4.78 is 11.1. The molecule has 1 aliphatic rings. The lowest BCUT2D eigenvalue weighted by atomic mass is 10.0. The van der Waals surface area contributed by atoms with Crippen LogP contribution in [0.15, 0.2) is 54.7 Å². The monoisotopic (exact) mass is 561 g/mol. The van der Waals surface area contributed by atoms with Crippen molar-refractivity contribution in [2.24, 2.45) is 0 Å². The quantitative estimate of drug-likeness (QED) is 0.108. The number of carbonyl (C=O) groups excluding carboxylic acids is 1. The van der Waals surface area contributed by atoms with Gasteiger partial charge in [0.05, 0.1) is 7.11 Å². The summed E-state index contributed by atoms with van der Waals surface area (Å²) in [6, 6.07) is 15.5. The molecule has 2 N–H and O–H groups in total. The summed E-state index contributed by atoms with van der Waals surface area (Å²) in [4.78, 5) is 17.6. The van der Waals surface area contributed by atoms with Gasteiger partial charge in [-0.25, -0.2) is 4.79 Å². The van der Waals surface area contributed by atoms with E-state index in [1.165, 1.54) is 40.8 Å². The molecule has 40 heavy (non-hydrogen) atoms. The van der Waals surface area contributed by atoms with Crippen LogP contribution in [-0.2, 0) is 26.8 Å². The predicted octanol–water partition coefficient (Wildman–Crippen LogP) is 6.50. The summed E-state index contributed by atoms with van der Waals surface area (Å²) in [6.07, 6.45) is 8.66. The summed E-state index contributed by atoms with van der Waals surface area (Å²) in [5.41, 5.74) is 6.41. The predicted molar refractivity (Wildman–Crippen MR) is 168 cm³/mol. The van der Waals surface area contributed by atoms with Crippen molar-refractivity contribution in [2.75, 3.05) is 39.9 Å². The van der Waals surface area contributed by atoms with Crippen molar-refractivity contribution < 1.29 is 14.0 Å². The topological polar surface area (TPSA) is 66.6 Å². The molecule has 1 heterocycles. The summed E-state index contributed by atoms with van der Waals surface area (Å²) >= 11 is 0. The average molecular weight is 562 g/mol. The molecular weight excluding hydrogens is 514 g/mol. The fourth-order valence-electron chi connectivity index (χ4n) is 5.30. The van der Waals surface area contributed by atoms with Crippen LogP contribution in [0.4, 0.5) is 0 Å². The molecule has 0 spiro atoms. The molecule has 0 radical (unpaired) electrons. The molecule has 0 aliphatic heterocycles. The molecular formula is C33H47N3O3Si. The van der Waals surface area contributed by atoms with Gasteiger partial charge in [0, 0.05) is 62.0 Å². The summed E-state index contributed by atoms with van der Waals surface area (Å²) in [5.74, 6) is -0.330. The van der Waals surface area contributed by atoms with Crippen LogP contribution in [0.25, 0.3) is 17.0 Å². The highest BCUT2D eigenvalue weighted by molar-refractivity contribution is 6.74. The van der Waals surface area contributed by atoms with Crippen LogP contribution in [0.5, 0.6) is 0 Å². The molecule has 0 saturated heterocycles. The van der Waals surface area contributed by atoms with E-state index in [9.17, 15) is 4.79 Å². The minimum Gasteiger partial charge on any atom is -0.466 e. The fraction of sp³-hybridized carbons (Fsp3) is 0.485. The SMILES string of the molecule is COC(=O)/C=C/c1ccc2c(c1)CCC2N(CCNCCO[Si](C)(C)C(C)(C)C)CCc1c[nH]c2ccccc12. The number of carbonyl (C=O) groups is 1. The van der Waals surface area contributed by atoms with Crippen LogP contribution in [0.3, 0.4) is 0 Å². The van der Waals surface area contributed by atoms with Gasteiger partial charge in [0.2, 0.25) is 0 Å². The van der Waals surface area contributed by atoms with Gasteiger partial charge in [-0.3, -0.25) is 4.90 Å². The van der Waals surface area contributed by atoms with Crippen molar-refractivity contribution in [3.63, 3.8) is 0 Å². The number of H-pyrrole nitrogens is 1. The van der Waals surface area contributed by atoms with Crippen molar-refractivity contribution in [2.45, 2.75) is 64.2 Å². The third kappa shape index (κ3) is 7.52. The van der Waals surface area contributed by atoms with Gasteiger partial charge in [-0.2, -0.15) is 0 Å². The van der Waals surface area contributed by atoms with Crippen LogP contribution >= 0.6 is 0 Å². The Morgan fingerprint density at radius 1 is 1.15 bits per heavy atom. The van der Waals surface area contributed by atoms with Crippen molar-refractivity contribution in [1.29, 1.82) is 0 Å². The number of aromatic nitrogens is 1. The second-order valence-electron chi connectivity index (χ2n) is 12.4. The number of para-hydroxylation sites is 1. The number of nitrogens with zero attached hydrogens (tertiary/aromatic N) is 1. The van der Waals surface area contributed by atoms with Crippen LogP contribution in [-0.4, -0.2) is 64.1 Å². The Bertz CT molecular complexity index is 1310. The van der Waals surface area contributed by atoms with Gasteiger partial charge in [0.1, 0.15) is 0 Å². The van der Waals surface area contributed by atoms with E-state index in [1.54, 1.807) is 0 Å². The Labute approximate surface area is 241 Å². The van der Waals surface area contributed by atoms with Gasteiger partial charge >= 0.3 is 5.97 Å². The number of ether oxygens (including phenoxy) is 1. The molecule has 1 aromatic heterocycles. The molecule has 0 bridgehead atoms.